The van der Waals surface area contributed by atoms with Gasteiger partial charge < -0.3 is 35.8 Å². The van der Waals surface area contributed by atoms with Crippen LogP contribution >= 0.6 is 11.3 Å². The molecule has 2 aromatic carbocycles. The number of benzene rings is 2. The highest BCUT2D eigenvalue weighted by molar-refractivity contribution is 7.21. The summed E-state index contributed by atoms with van der Waals surface area (Å²) in [7, 11) is 0. The van der Waals surface area contributed by atoms with Crippen molar-refractivity contribution in [3.8, 4) is 10.6 Å². The second-order valence-electron chi connectivity index (χ2n) is 8.54. The summed E-state index contributed by atoms with van der Waals surface area (Å²) in [5.74, 6) is -1.90. The summed E-state index contributed by atoms with van der Waals surface area (Å²) in [6, 6.07) is 14.6. The van der Waals surface area contributed by atoms with Gasteiger partial charge in [0.2, 0.25) is 5.79 Å². The van der Waals surface area contributed by atoms with Crippen LogP contribution in [-0.4, -0.2) is 75.8 Å². The zero-order valence-electron chi connectivity index (χ0n) is 18.6. The highest BCUT2D eigenvalue weighted by Gasteiger charge is 2.48. The monoisotopic (exact) mass is 473 g/mol. The molecule has 178 valence electrons. The second-order valence-corrected chi connectivity index (χ2v) is 9.57. The molecule has 2 heterocycles. The van der Waals surface area contributed by atoms with Gasteiger partial charge >= 0.3 is 0 Å². The maximum absolute atomic E-state index is 10.3. The molecule has 1 aromatic heterocycles. The van der Waals surface area contributed by atoms with Crippen LogP contribution in [0.5, 0.6) is 0 Å². The van der Waals surface area contributed by atoms with Gasteiger partial charge in [0.25, 0.3) is 0 Å². The number of hydrogen-bond acceptors (Lipinski definition) is 9. The van der Waals surface area contributed by atoms with Crippen LogP contribution in [-0.2, 0) is 4.74 Å². The average molecular weight is 474 g/mol. The van der Waals surface area contributed by atoms with E-state index in [9.17, 15) is 20.4 Å². The Bertz CT molecular complexity index is 1060. The zero-order valence-corrected chi connectivity index (χ0v) is 19.4. The van der Waals surface area contributed by atoms with Gasteiger partial charge in [0.05, 0.1) is 23.4 Å². The molecule has 3 aromatic rings. The van der Waals surface area contributed by atoms with Crippen LogP contribution in [0.15, 0.2) is 42.5 Å². The summed E-state index contributed by atoms with van der Waals surface area (Å²) in [4.78, 5) is 4.73. The molecule has 4 rings (SSSR count). The Morgan fingerprint density at radius 2 is 1.85 bits per heavy atom. The lowest BCUT2D eigenvalue weighted by Crippen LogP contribution is -2.64. The molecule has 1 aliphatic heterocycles. The smallest absolute Gasteiger partial charge is 0.207 e. The van der Waals surface area contributed by atoms with Gasteiger partial charge in [-0.3, -0.25) is 0 Å². The van der Waals surface area contributed by atoms with E-state index in [1.165, 1.54) is 10.3 Å². The number of thiazole rings is 1. The molecule has 0 radical (unpaired) electrons. The van der Waals surface area contributed by atoms with Gasteiger partial charge in [0.15, 0.2) is 0 Å². The Labute approximate surface area is 196 Å². The van der Waals surface area contributed by atoms with E-state index >= 15 is 0 Å². The first-order valence-corrected chi connectivity index (χ1v) is 12.0. The molecule has 1 fully saturated rings. The van der Waals surface area contributed by atoms with Gasteiger partial charge in [-0.25, -0.2) is 4.98 Å². The van der Waals surface area contributed by atoms with E-state index in [1.807, 2.05) is 0 Å². The zero-order chi connectivity index (χ0) is 23.4. The van der Waals surface area contributed by atoms with E-state index in [2.05, 4.69) is 60.0 Å². The molecule has 0 saturated carbocycles. The largest absolute Gasteiger partial charge is 0.388 e. The van der Waals surface area contributed by atoms with Crippen molar-refractivity contribution in [1.82, 2.24) is 10.3 Å². The summed E-state index contributed by atoms with van der Waals surface area (Å²) in [5.41, 5.74) is 4.42. The molecule has 33 heavy (non-hydrogen) atoms. The normalized spacial score (nSPS) is 25.4. The Balaban J connectivity index is 1.17. The van der Waals surface area contributed by atoms with Gasteiger partial charge in [-0.2, -0.15) is 0 Å². The number of rotatable bonds is 9. The minimum absolute atomic E-state index is 0.0296. The van der Waals surface area contributed by atoms with Gasteiger partial charge in [0, 0.05) is 17.8 Å². The third-order valence-corrected chi connectivity index (χ3v) is 6.91. The fourth-order valence-corrected chi connectivity index (χ4v) is 4.88. The molecular weight excluding hydrogens is 442 g/mol. The van der Waals surface area contributed by atoms with E-state index in [-0.39, 0.29) is 13.2 Å². The molecule has 0 aliphatic carbocycles. The van der Waals surface area contributed by atoms with Crippen molar-refractivity contribution in [3.63, 3.8) is 0 Å². The Morgan fingerprint density at radius 3 is 2.64 bits per heavy atom. The molecule has 0 spiro atoms. The molecule has 4 atom stereocenters. The first-order chi connectivity index (χ1) is 15.9. The number of hydrogen-bond donors (Lipinski definition) is 6. The molecule has 1 aliphatic rings. The summed E-state index contributed by atoms with van der Waals surface area (Å²) in [6.45, 7) is 3.26. The minimum atomic E-state index is -1.90. The van der Waals surface area contributed by atoms with E-state index in [0.717, 1.165) is 41.2 Å². The summed E-state index contributed by atoms with van der Waals surface area (Å²) in [5, 5.41) is 46.9. The molecule has 0 unspecified atom stereocenters. The summed E-state index contributed by atoms with van der Waals surface area (Å²) >= 11 is 1.70. The molecular formula is C24H31N3O5S. The number of nitrogens with zero attached hydrogens (tertiary/aromatic N) is 1. The molecule has 0 bridgehead atoms. The van der Waals surface area contributed by atoms with Gasteiger partial charge in [-0.05, 0) is 68.3 Å². The van der Waals surface area contributed by atoms with Gasteiger partial charge in [-0.15, -0.1) is 11.3 Å². The number of nitrogens with one attached hydrogen (secondary N) is 2. The highest BCUT2D eigenvalue weighted by atomic mass is 32.1. The molecule has 0 amide bonds. The molecule has 9 heteroatoms. The predicted octanol–water partition coefficient (Wildman–Crippen LogP) is 1.85. The maximum atomic E-state index is 10.3. The molecule has 8 nitrogen and oxygen atoms in total. The van der Waals surface area contributed by atoms with E-state index in [1.54, 1.807) is 11.3 Å². The maximum Gasteiger partial charge on any atom is 0.207 e. The fourth-order valence-electron chi connectivity index (χ4n) is 3.81. The number of aromatic nitrogens is 1. The lowest BCUT2D eigenvalue weighted by Gasteiger charge is -2.41. The first-order valence-electron chi connectivity index (χ1n) is 11.2. The van der Waals surface area contributed by atoms with Crippen molar-refractivity contribution in [2.45, 2.75) is 43.9 Å². The van der Waals surface area contributed by atoms with Crippen LogP contribution in [0.2, 0.25) is 0 Å². The topological polar surface area (TPSA) is 127 Å². The van der Waals surface area contributed by atoms with E-state index < -0.39 is 24.1 Å². The van der Waals surface area contributed by atoms with E-state index in [0.29, 0.717) is 6.54 Å². The third kappa shape index (κ3) is 5.70. The van der Waals surface area contributed by atoms with Crippen molar-refractivity contribution in [2.24, 2.45) is 0 Å². The van der Waals surface area contributed by atoms with Gasteiger partial charge in [0.1, 0.15) is 23.3 Å². The van der Waals surface area contributed by atoms with Crippen molar-refractivity contribution in [1.29, 1.82) is 0 Å². The van der Waals surface area contributed by atoms with Crippen LogP contribution in [0.4, 0.5) is 5.69 Å². The van der Waals surface area contributed by atoms with Crippen LogP contribution in [0.3, 0.4) is 0 Å². The van der Waals surface area contributed by atoms with Crippen molar-refractivity contribution < 1.29 is 25.2 Å². The van der Waals surface area contributed by atoms with Crippen LogP contribution in [0, 0.1) is 6.92 Å². The number of aryl methyl sites for hydroxylation is 1. The van der Waals surface area contributed by atoms with Crippen molar-refractivity contribution in [2.75, 3.05) is 31.6 Å². The number of unbranched alkanes of at least 4 members (excludes halogenated alkanes) is 1. The highest BCUT2D eigenvalue weighted by Crippen LogP contribution is 2.31. The Kier molecular flexibility index (Phi) is 7.60. The molecule has 6 N–H and O–H groups in total. The minimum Gasteiger partial charge on any atom is -0.388 e. The number of fused-ring (bicyclic) bond motifs is 1. The fraction of sp³-hybridized carbons (Fsp3) is 0.458. The quantitative estimate of drug-likeness (QED) is 0.260. The first kappa shape index (κ1) is 24.0. The van der Waals surface area contributed by atoms with Crippen molar-refractivity contribution >= 4 is 27.2 Å². The Morgan fingerprint density at radius 1 is 1.09 bits per heavy atom. The summed E-state index contributed by atoms with van der Waals surface area (Å²) < 4.78 is 6.33. The number of anilines is 1. The van der Waals surface area contributed by atoms with Crippen LogP contribution in [0.25, 0.3) is 20.8 Å². The third-order valence-electron chi connectivity index (χ3n) is 5.85. The number of ether oxygens (including phenoxy) is 1. The van der Waals surface area contributed by atoms with E-state index in [4.69, 9.17) is 9.72 Å². The number of aliphatic hydroxyl groups excluding tert-OH is 3. The second kappa shape index (κ2) is 10.4. The number of aliphatic hydroxyl groups is 4. The molecule has 1 saturated heterocycles. The summed E-state index contributed by atoms with van der Waals surface area (Å²) in [6.07, 6.45) is -2.43. The van der Waals surface area contributed by atoms with Crippen molar-refractivity contribution in [3.05, 3.63) is 48.0 Å². The average Bonchev–Trinajstić information content (AvgIpc) is 3.23. The predicted molar refractivity (Wildman–Crippen MR) is 129 cm³/mol. The van der Waals surface area contributed by atoms with Crippen LogP contribution in [0.1, 0.15) is 18.4 Å². The Hall–Kier alpha value is -2.11. The van der Waals surface area contributed by atoms with Gasteiger partial charge in [-0.1, -0.05) is 6.07 Å². The SMILES string of the molecule is Cc1ccc2nc(-c3ccc(NCCCCNC[C@@]4(O)OC[C@@H](O)[C@@H](O)[C@@H]4O)cc3)sc2c1. The lowest BCUT2D eigenvalue weighted by molar-refractivity contribution is -0.317. The van der Waals surface area contributed by atoms with Crippen LogP contribution < -0.4 is 10.6 Å². The lowest BCUT2D eigenvalue weighted by atomic mass is 9.97. The standard InChI is InChI=1S/C24H31N3O5S/c1-15-4-9-18-20(12-15)33-23(27-18)16-5-7-17(8-6-16)26-11-3-2-10-25-14-24(31)22(30)21(29)19(28)13-32-24/h4-9,12,19,21-22,25-26,28-31H,2-3,10-11,13-14H2,1H3/t19-,21-,22+,24-/m1/s1.